The molecule has 0 unspecified atom stereocenters. The Bertz CT molecular complexity index is 397. The third-order valence-electron chi connectivity index (χ3n) is 2.08. The van der Waals surface area contributed by atoms with Crippen LogP contribution in [0.3, 0.4) is 0 Å². The first-order valence-electron chi connectivity index (χ1n) is 5.07. The maximum absolute atomic E-state index is 10.8. The summed E-state index contributed by atoms with van der Waals surface area (Å²) < 4.78 is 0. The number of hydrogen-bond donors (Lipinski definition) is 2. The van der Waals surface area contributed by atoms with Crippen LogP contribution in [0.15, 0.2) is 18.2 Å². The van der Waals surface area contributed by atoms with Gasteiger partial charge in [-0.15, -0.1) is 0 Å². The molecule has 0 saturated carbocycles. The Hall–Kier alpha value is -1.62. The smallest absolute Gasteiger partial charge is 0.292 e. The molecular formula is C11H17N3O2. The molecule has 0 heterocycles. The summed E-state index contributed by atoms with van der Waals surface area (Å²) in [5.41, 5.74) is 6.86. The molecule has 5 nitrogen and oxygen atoms in total. The van der Waals surface area contributed by atoms with Gasteiger partial charge in [0.05, 0.1) is 4.92 Å². The lowest BCUT2D eigenvalue weighted by Gasteiger charge is -2.19. The van der Waals surface area contributed by atoms with Crippen molar-refractivity contribution in [2.75, 3.05) is 11.9 Å². The van der Waals surface area contributed by atoms with Crippen LogP contribution in [-0.4, -0.2) is 17.0 Å². The van der Waals surface area contributed by atoms with Gasteiger partial charge in [-0.05, 0) is 32.4 Å². The van der Waals surface area contributed by atoms with E-state index in [0.29, 0.717) is 12.2 Å². The Morgan fingerprint density at radius 3 is 2.62 bits per heavy atom. The predicted octanol–water partition coefficient (Wildman–Crippen LogP) is 2.05. The molecule has 88 valence electrons. The molecule has 0 spiro atoms. The van der Waals surface area contributed by atoms with Gasteiger partial charge in [0, 0.05) is 18.2 Å². The van der Waals surface area contributed by atoms with Crippen molar-refractivity contribution in [3.63, 3.8) is 0 Å². The van der Waals surface area contributed by atoms with Gasteiger partial charge in [0.25, 0.3) is 5.69 Å². The minimum Gasteiger partial charge on any atom is -0.378 e. The minimum absolute atomic E-state index is 0.0873. The first-order chi connectivity index (χ1) is 7.29. The van der Waals surface area contributed by atoms with Crippen molar-refractivity contribution < 1.29 is 4.92 Å². The second-order valence-corrected chi connectivity index (χ2v) is 4.62. The molecule has 1 aromatic carbocycles. The molecule has 0 bridgehead atoms. The van der Waals surface area contributed by atoms with Gasteiger partial charge in [-0.1, -0.05) is 6.07 Å². The maximum Gasteiger partial charge on any atom is 0.292 e. The van der Waals surface area contributed by atoms with Crippen molar-refractivity contribution in [3.05, 3.63) is 33.9 Å². The summed E-state index contributed by atoms with van der Waals surface area (Å²) in [7, 11) is 0. The molecule has 0 aliphatic heterocycles. The van der Waals surface area contributed by atoms with Crippen LogP contribution in [0.5, 0.6) is 0 Å². The van der Waals surface area contributed by atoms with E-state index >= 15 is 0 Å². The van der Waals surface area contributed by atoms with Crippen LogP contribution in [0.4, 0.5) is 11.4 Å². The van der Waals surface area contributed by atoms with Gasteiger partial charge < -0.3 is 11.1 Å². The van der Waals surface area contributed by atoms with Crippen LogP contribution in [0, 0.1) is 17.0 Å². The van der Waals surface area contributed by atoms with Crippen molar-refractivity contribution in [1.82, 2.24) is 0 Å². The highest BCUT2D eigenvalue weighted by molar-refractivity contribution is 5.62. The second kappa shape index (κ2) is 4.49. The Balaban J connectivity index is 2.91. The summed E-state index contributed by atoms with van der Waals surface area (Å²) in [5, 5.41) is 13.8. The lowest BCUT2D eigenvalue weighted by atomic mass is 10.1. The highest BCUT2D eigenvalue weighted by Gasteiger charge is 2.16. The number of nitrogens with one attached hydrogen (secondary N) is 1. The van der Waals surface area contributed by atoms with Crippen molar-refractivity contribution in [1.29, 1.82) is 0 Å². The first kappa shape index (κ1) is 12.4. The molecule has 16 heavy (non-hydrogen) atoms. The molecule has 0 fully saturated rings. The average Bonchev–Trinajstić information content (AvgIpc) is 2.14. The van der Waals surface area contributed by atoms with Gasteiger partial charge in [0.1, 0.15) is 5.69 Å². The number of nitro groups is 1. The molecule has 0 aliphatic rings. The molecule has 3 N–H and O–H groups in total. The molecule has 1 rings (SSSR count). The van der Waals surface area contributed by atoms with Crippen LogP contribution in [0.2, 0.25) is 0 Å². The number of nitro benzene ring substituents is 1. The summed E-state index contributed by atoms with van der Waals surface area (Å²) in [6.45, 7) is 6.03. The number of benzene rings is 1. The fourth-order valence-electron chi connectivity index (χ4n) is 1.27. The Morgan fingerprint density at radius 2 is 2.12 bits per heavy atom. The summed E-state index contributed by atoms with van der Waals surface area (Å²) >= 11 is 0. The van der Waals surface area contributed by atoms with Crippen LogP contribution >= 0.6 is 0 Å². The number of nitrogens with two attached hydrogens (primary N) is 1. The second-order valence-electron chi connectivity index (χ2n) is 4.62. The topological polar surface area (TPSA) is 81.2 Å². The van der Waals surface area contributed by atoms with Crippen molar-refractivity contribution in [2.24, 2.45) is 5.73 Å². The molecule has 5 heteroatoms. The normalized spacial score (nSPS) is 11.2. The largest absolute Gasteiger partial charge is 0.378 e. The van der Waals surface area contributed by atoms with Crippen molar-refractivity contribution in [3.8, 4) is 0 Å². The predicted molar refractivity (Wildman–Crippen MR) is 64.6 cm³/mol. The van der Waals surface area contributed by atoms with E-state index in [2.05, 4.69) is 5.32 Å². The highest BCUT2D eigenvalue weighted by atomic mass is 16.6. The van der Waals surface area contributed by atoms with Gasteiger partial charge in [-0.2, -0.15) is 0 Å². The zero-order valence-corrected chi connectivity index (χ0v) is 9.78. The third-order valence-corrected chi connectivity index (χ3v) is 2.08. The summed E-state index contributed by atoms with van der Waals surface area (Å²) in [5.74, 6) is 0. The zero-order chi connectivity index (χ0) is 12.3. The highest BCUT2D eigenvalue weighted by Crippen LogP contribution is 2.25. The maximum atomic E-state index is 10.8. The van der Waals surface area contributed by atoms with Crippen molar-refractivity contribution in [2.45, 2.75) is 26.3 Å². The number of anilines is 1. The number of aryl methyl sites for hydroxylation is 1. The minimum atomic E-state index is -0.404. The van der Waals surface area contributed by atoms with E-state index < -0.39 is 10.5 Å². The Labute approximate surface area is 94.8 Å². The Morgan fingerprint density at radius 1 is 1.50 bits per heavy atom. The first-order valence-corrected chi connectivity index (χ1v) is 5.07. The molecule has 0 radical (unpaired) electrons. The van der Waals surface area contributed by atoms with Gasteiger partial charge in [-0.25, -0.2) is 0 Å². The standard InChI is InChI=1S/C11H17N3O2/c1-8-4-5-9(10(6-8)14(15)16)13-7-11(2,3)12/h4-6,13H,7,12H2,1-3H3. The number of hydrogen-bond acceptors (Lipinski definition) is 4. The average molecular weight is 223 g/mol. The monoisotopic (exact) mass is 223 g/mol. The van der Waals surface area contributed by atoms with Crippen LogP contribution < -0.4 is 11.1 Å². The van der Waals surface area contributed by atoms with E-state index in [1.54, 1.807) is 12.1 Å². The van der Waals surface area contributed by atoms with Crippen molar-refractivity contribution >= 4 is 11.4 Å². The number of nitrogens with zero attached hydrogens (tertiary/aromatic N) is 1. The van der Waals surface area contributed by atoms with E-state index in [1.165, 1.54) is 0 Å². The molecule has 0 aliphatic carbocycles. The lowest BCUT2D eigenvalue weighted by Crippen LogP contribution is -2.39. The van der Waals surface area contributed by atoms with E-state index in [4.69, 9.17) is 5.73 Å². The van der Waals surface area contributed by atoms with Gasteiger partial charge in [0.2, 0.25) is 0 Å². The van der Waals surface area contributed by atoms with Crippen LogP contribution in [0.1, 0.15) is 19.4 Å². The molecular weight excluding hydrogens is 206 g/mol. The fourth-order valence-corrected chi connectivity index (χ4v) is 1.27. The fraction of sp³-hybridized carbons (Fsp3) is 0.455. The number of rotatable bonds is 4. The molecule has 0 amide bonds. The summed E-state index contributed by atoms with van der Waals surface area (Å²) in [4.78, 5) is 10.4. The van der Waals surface area contributed by atoms with Crippen LogP contribution in [0.25, 0.3) is 0 Å². The third kappa shape index (κ3) is 3.51. The van der Waals surface area contributed by atoms with E-state index in [9.17, 15) is 10.1 Å². The lowest BCUT2D eigenvalue weighted by molar-refractivity contribution is -0.384. The van der Waals surface area contributed by atoms with E-state index in [-0.39, 0.29) is 5.69 Å². The van der Waals surface area contributed by atoms with E-state index in [1.807, 2.05) is 26.8 Å². The zero-order valence-electron chi connectivity index (χ0n) is 9.78. The Kier molecular flexibility index (Phi) is 3.49. The molecule has 0 saturated heterocycles. The van der Waals surface area contributed by atoms with Crippen LogP contribution in [-0.2, 0) is 0 Å². The quantitative estimate of drug-likeness (QED) is 0.604. The van der Waals surface area contributed by atoms with Gasteiger partial charge >= 0.3 is 0 Å². The van der Waals surface area contributed by atoms with Gasteiger partial charge in [-0.3, -0.25) is 10.1 Å². The summed E-state index contributed by atoms with van der Waals surface area (Å²) in [6.07, 6.45) is 0. The SMILES string of the molecule is Cc1ccc(NCC(C)(C)N)c([N+](=O)[O-])c1. The summed E-state index contributed by atoms with van der Waals surface area (Å²) in [6, 6.07) is 5.09. The molecule has 1 aromatic rings. The molecule has 0 aromatic heterocycles. The van der Waals surface area contributed by atoms with E-state index in [0.717, 1.165) is 5.56 Å². The van der Waals surface area contributed by atoms with Gasteiger partial charge in [0.15, 0.2) is 0 Å². The molecule has 0 atom stereocenters.